The van der Waals surface area contributed by atoms with Crippen molar-refractivity contribution in [2.75, 3.05) is 31.2 Å². The number of hydrogen-bond acceptors (Lipinski definition) is 5. The van der Waals surface area contributed by atoms with Crippen LogP contribution in [-0.2, 0) is 57.0 Å². The van der Waals surface area contributed by atoms with Crippen LogP contribution in [0.15, 0.2) is 148 Å². The molecule has 7 rings (SSSR count). The highest BCUT2D eigenvalue weighted by Gasteiger charge is 2.54. The second-order valence-corrected chi connectivity index (χ2v) is 52.7. The fraction of sp³-hybridized carbons (Fsp3) is 0.561. The summed E-state index contributed by atoms with van der Waals surface area (Å²) in [7, 11) is -6.62. The molecule has 0 unspecified atom stereocenters. The lowest BCUT2D eigenvalue weighted by atomic mass is 9.75. The van der Waals surface area contributed by atoms with E-state index in [-0.39, 0.29) is 58.8 Å². The standard InChI is InChI=1S/C98H145NO3SSi2/c1-66(2)84-38-37-39-85(67(3)4)87(84)103-86-69(64-98(35,36)65-70(86)46-49-100)43-40-68-41-44-79(45-42-68)99(47-50-101-104(96(29,30)31,80-56-71(88(5,6)7)52-72(57-80)89(8,9)10)81-58-73(90(11,12)13)53-74(59-81)91(14,15)16)48-51-102-105(97(32,33)34,82-60-75(92(17,18)19)54-76(61-82)93(20,21)22)83-62-77(94(23,24)25)55-78(63-83)95(26,27)28/h37-46,49,52-63,66-67H,47-48,50-51,64-65H2,1-36H3/b43-40+,70-46+. The molecule has 0 heterocycles. The molecule has 1 aliphatic carbocycles. The van der Waals surface area contributed by atoms with E-state index < -0.39 is 16.6 Å². The van der Waals surface area contributed by atoms with Crippen LogP contribution in [0.2, 0.25) is 10.1 Å². The Morgan fingerprint density at radius 2 is 0.714 bits per heavy atom. The Labute approximate surface area is 650 Å². The molecule has 0 N–H and O–H groups in total. The molecule has 0 atom stereocenters. The number of rotatable bonds is 20. The van der Waals surface area contributed by atoms with Gasteiger partial charge in [0.2, 0.25) is 0 Å². The van der Waals surface area contributed by atoms with E-state index in [1.165, 1.54) is 91.8 Å². The number of nitrogens with zero attached hydrogens (tertiary/aromatic N) is 1. The van der Waals surface area contributed by atoms with Gasteiger partial charge in [0.15, 0.2) is 0 Å². The molecule has 0 radical (unpaired) electrons. The van der Waals surface area contributed by atoms with Gasteiger partial charge in [-0.2, -0.15) is 0 Å². The molecule has 105 heavy (non-hydrogen) atoms. The van der Waals surface area contributed by atoms with Crippen LogP contribution in [0.25, 0.3) is 6.08 Å². The first kappa shape index (κ1) is 86.9. The molecule has 0 saturated heterocycles. The Morgan fingerprint density at radius 1 is 0.419 bits per heavy atom. The highest BCUT2D eigenvalue weighted by atomic mass is 32.2. The van der Waals surface area contributed by atoms with Crippen molar-refractivity contribution in [1.29, 1.82) is 0 Å². The van der Waals surface area contributed by atoms with E-state index in [1.54, 1.807) is 0 Å². The molecule has 0 aromatic heterocycles. The topological polar surface area (TPSA) is 38.8 Å². The molecule has 574 valence electrons. The fourth-order valence-corrected chi connectivity index (χ4v) is 26.2. The van der Waals surface area contributed by atoms with E-state index in [0.717, 1.165) is 36.0 Å². The van der Waals surface area contributed by atoms with E-state index >= 15 is 0 Å². The van der Waals surface area contributed by atoms with Crippen LogP contribution in [-0.4, -0.2) is 49.2 Å². The maximum atomic E-state index is 12.6. The number of thioether (sulfide) groups is 1. The Morgan fingerprint density at radius 3 is 0.971 bits per heavy atom. The second kappa shape index (κ2) is 31.2. The first-order valence-corrected chi connectivity index (χ1v) is 44.4. The first-order chi connectivity index (χ1) is 47.6. The van der Waals surface area contributed by atoms with Gasteiger partial charge in [-0.05, 0) is 195 Å². The number of anilines is 1. The molecule has 0 amide bonds. The van der Waals surface area contributed by atoms with Gasteiger partial charge < -0.3 is 13.8 Å². The van der Waals surface area contributed by atoms with Gasteiger partial charge in [-0.3, -0.25) is 4.79 Å². The van der Waals surface area contributed by atoms with Gasteiger partial charge in [0.25, 0.3) is 16.6 Å². The van der Waals surface area contributed by atoms with Crippen LogP contribution < -0.4 is 25.6 Å². The first-order valence-electron chi connectivity index (χ1n) is 39.8. The van der Waals surface area contributed by atoms with E-state index in [4.69, 9.17) is 8.85 Å². The van der Waals surface area contributed by atoms with Crippen LogP contribution in [0.4, 0.5) is 5.69 Å². The maximum Gasteiger partial charge on any atom is 0.261 e. The lowest BCUT2D eigenvalue weighted by Gasteiger charge is -2.46. The summed E-state index contributed by atoms with van der Waals surface area (Å²) in [6.07, 6.45) is 9.24. The molecule has 7 heteroatoms. The third-order valence-corrected chi connectivity index (χ3v) is 33.5. The molecule has 1 aliphatic rings. The molecule has 4 nitrogen and oxygen atoms in total. The number of benzene rings is 6. The van der Waals surface area contributed by atoms with Crippen molar-refractivity contribution < 1.29 is 13.6 Å². The van der Waals surface area contributed by atoms with Gasteiger partial charge in [-0.1, -0.05) is 376 Å². The molecular formula is C98H145NO3SSi2. The molecule has 0 aliphatic heterocycles. The van der Waals surface area contributed by atoms with E-state index in [2.05, 4.69) is 382 Å². The van der Waals surface area contributed by atoms with Gasteiger partial charge in [-0.15, -0.1) is 0 Å². The summed E-state index contributed by atoms with van der Waals surface area (Å²) in [6, 6.07) is 46.5. The van der Waals surface area contributed by atoms with Gasteiger partial charge in [-0.25, -0.2) is 0 Å². The molecule has 0 fully saturated rings. The summed E-state index contributed by atoms with van der Waals surface area (Å²) in [5.74, 6) is 0.704. The maximum absolute atomic E-state index is 12.6. The predicted octanol–water partition coefficient (Wildman–Crippen LogP) is 25.3. The lowest BCUT2D eigenvalue weighted by Crippen LogP contribution is -2.68. The minimum atomic E-state index is -3.31. The zero-order chi connectivity index (χ0) is 79.4. The summed E-state index contributed by atoms with van der Waals surface area (Å²) in [6.45, 7) is 87.8. The highest BCUT2D eigenvalue weighted by Crippen LogP contribution is 2.51. The van der Waals surface area contributed by atoms with Gasteiger partial charge in [0.05, 0.1) is 13.2 Å². The molecular weight excluding hydrogens is 1330 g/mol. The Hall–Kier alpha value is -5.29. The number of allylic oxidation sites excluding steroid dienone is 4. The van der Waals surface area contributed by atoms with E-state index in [0.29, 0.717) is 38.1 Å². The van der Waals surface area contributed by atoms with Crippen LogP contribution >= 0.6 is 11.8 Å². The van der Waals surface area contributed by atoms with Crippen molar-refractivity contribution in [3.63, 3.8) is 0 Å². The van der Waals surface area contributed by atoms with Crippen LogP contribution in [0.5, 0.6) is 0 Å². The minimum Gasteiger partial charge on any atom is -0.406 e. The SMILES string of the molecule is CC(C)c1cccc(C(C)C)c1SC1=C(/C=C/c2ccc(N(CCO[Si](c3cc(C(C)(C)C)cc(C(C)(C)C)c3)(c3cc(C(C)(C)C)cc(C(C)(C)C)c3)C(C)(C)C)CCO[Si](c3cc(C(C)(C)C)cc(C(C)(C)C)c3)(c3cc(C(C)(C)C)cc(C(C)(C)C)c3)C(C)(C)C)cc2)CC(C)(C)C/C1=C\C=O. The van der Waals surface area contributed by atoms with Gasteiger partial charge in [0, 0.05) is 28.6 Å². The summed E-state index contributed by atoms with van der Waals surface area (Å²) in [5, 5.41) is 4.73. The van der Waals surface area contributed by atoms with Crippen molar-refractivity contribution in [2.24, 2.45) is 5.41 Å². The molecule has 0 saturated carbocycles. The Bertz CT molecular complexity index is 3650. The number of aldehydes is 1. The van der Waals surface area contributed by atoms with Crippen LogP contribution in [0.3, 0.4) is 0 Å². The zero-order valence-electron chi connectivity index (χ0n) is 73.3. The molecule has 6 aromatic carbocycles. The monoisotopic (exact) mass is 1470 g/mol. The highest BCUT2D eigenvalue weighted by molar-refractivity contribution is 8.03. The summed E-state index contributed by atoms with van der Waals surface area (Å²) >= 11 is 1.88. The Kier molecular flexibility index (Phi) is 25.9. The van der Waals surface area contributed by atoms with Crippen LogP contribution in [0.1, 0.15) is 335 Å². The summed E-state index contributed by atoms with van der Waals surface area (Å²) in [4.78, 5) is 17.7. The van der Waals surface area contributed by atoms with Gasteiger partial charge in [0.1, 0.15) is 6.29 Å². The average Bonchev–Trinajstić information content (AvgIpc) is 0.730. The predicted molar refractivity (Wildman–Crippen MR) is 469 cm³/mol. The number of hydrogen-bond donors (Lipinski definition) is 0. The van der Waals surface area contributed by atoms with Crippen molar-refractivity contribution >= 4 is 67.2 Å². The van der Waals surface area contributed by atoms with Crippen molar-refractivity contribution in [3.8, 4) is 0 Å². The van der Waals surface area contributed by atoms with E-state index in [9.17, 15) is 4.79 Å². The normalized spacial score (nSPS) is 15.7. The Balaban J connectivity index is 1.51. The minimum absolute atomic E-state index is 0.0323. The molecule has 6 aromatic rings. The van der Waals surface area contributed by atoms with Crippen molar-refractivity contribution in [2.45, 2.75) is 332 Å². The smallest absolute Gasteiger partial charge is 0.261 e. The average molecular weight is 1470 g/mol. The quantitative estimate of drug-likeness (QED) is 0.0433. The fourth-order valence-electron chi connectivity index (χ4n) is 15.2. The largest absolute Gasteiger partial charge is 0.406 e. The third-order valence-electron chi connectivity index (χ3n) is 22.2. The molecule has 0 bridgehead atoms. The van der Waals surface area contributed by atoms with E-state index in [1.807, 2.05) is 17.8 Å². The zero-order valence-corrected chi connectivity index (χ0v) is 76.1. The summed E-state index contributed by atoms with van der Waals surface area (Å²) in [5.41, 5.74) is 17.2. The lowest BCUT2D eigenvalue weighted by molar-refractivity contribution is -0.104. The van der Waals surface area contributed by atoms with Crippen molar-refractivity contribution in [3.05, 3.63) is 205 Å². The third kappa shape index (κ3) is 20.4. The van der Waals surface area contributed by atoms with Gasteiger partial charge >= 0.3 is 0 Å². The number of carbonyl (C=O) groups excluding carboxylic acids is 1. The summed E-state index contributed by atoms with van der Waals surface area (Å²) < 4.78 is 16.8. The number of carbonyl (C=O) groups is 1. The van der Waals surface area contributed by atoms with Crippen molar-refractivity contribution in [1.82, 2.24) is 0 Å². The van der Waals surface area contributed by atoms with Crippen LogP contribution in [0, 0.1) is 5.41 Å². The molecule has 0 spiro atoms. The second-order valence-electron chi connectivity index (χ2n) is 43.0.